The summed E-state index contributed by atoms with van der Waals surface area (Å²) in [6, 6.07) is 5.77. The fourth-order valence-electron chi connectivity index (χ4n) is 2.60. The number of hydrogen-bond donors (Lipinski definition) is 1. The molecule has 0 atom stereocenters. The summed E-state index contributed by atoms with van der Waals surface area (Å²) in [6.07, 6.45) is 2.09. The Kier molecular flexibility index (Phi) is 6.53. The standard InChI is InChI=1S/C17H28N2O2/c1-6-14(7-2)19(11-12(3)4)16-10-13(17(20)21-5)8-9-15(16)18/h8-10,12,14H,6-7,11,18H2,1-5H3. The molecule has 0 aliphatic carbocycles. The number of nitrogens with zero attached hydrogens (tertiary/aromatic N) is 1. The highest BCUT2D eigenvalue weighted by molar-refractivity contribution is 5.92. The van der Waals surface area contributed by atoms with Gasteiger partial charge in [0.1, 0.15) is 0 Å². The second-order valence-corrected chi connectivity index (χ2v) is 5.78. The number of carbonyl (C=O) groups excluding carboxylic acids is 1. The molecule has 0 unspecified atom stereocenters. The van der Waals surface area contributed by atoms with Crippen molar-refractivity contribution in [1.82, 2.24) is 0 Å². The number of benzene rings is 1. The van der Waals surface area contributed by atoms with Crippen LogP contribution in [0.25, 0.3) is 0 Å². The van der Waals surface area contributed by atoms with Crippen molar-refractivity contribution >= 4 is 17.3 Å². The summed E-state index contributed by atoms with van der Waals surface area (Å²) in [4.78, 5) is 14.1. The van der Waals surface area contributed by atoms with E-state index in [0.29, 0.717) is 23.2 Å². The smallest absolute Gasteiger partial charge is 0.337 e. The summed E-state index contributed by atoms with van der Waals surface area (Å²) >= 11 is 0. The molecule has 0 fully saturated rings. The predicted molar refractivity (Wildman–Crippen MR) is 88.7 cm³/mol. The molecule has 0 saturated carbocycles. The van der Waals surface area contributed by atoms with Gasteiger partial charge in [-0.2, -0.15) is 0 Å². The summed E-state index contributed by atoms with van der Waals surface area (Å²) in [7, 11) is 1.39. The van der Waals surface area contributed by atoms with Gasteiger partial charge in [0.25, 0.3) is 0 Å². The minimum atomic E-state index is -0.328. The molecule has 0 radical (unpaired) electrons. The zero-order valence-corrected chi connectivity index (χ0v) is 13.8. The highest BCUT2D eigenvalue weighted by Crippen LogP contribution is 2.29. The van der Waals surface area contributed by atoms with E-state index < -0.39 is 0 Å². The molecule has 1 aromatic rings. The van der Waals surface area contributed by atoms with Crippen LogP contribution in [0.2, 0.25) is 0 Å². The van der Waals surface area contributed by atoms with E-state index in [4.69, 9.17) is 10.5 Å². The van der Waals surface area contributed by atoms with Crippen molar-refractivity contribution in [3.8, 4) is 0 Å². The molecule has 4 heteroatoms. The van der Waals surface area contributed by atoms with Crippen molar-refractivity contribution in [3.63, 3.8) is 0 Å². The maximum atomic E-state index is 11.7. The number of nitrogens with two attached hydrogens (primary N) is 1. The molecule has 0 heterocycles. The van der Waals surface area contributed by atoms with E-state index in [1.165, 1.54) is 7.11 Å². The zero-order chi connectivity index (χ0) is 16.0. The van der Waals surface area contributed by atoms with Crippen LogP contribution < -0.4 is 10.6 Å². The first kappa shape index (κ1) is 17.3. The lowest BCUT2D eigenvalue weighted by molar-refractivity contribution is 0.0601. The van der Waals surface area contributed by atoms with Crippen LogP contribution in [-0.2, 0) is 4.74 Å². The van der Waals surface area contributed by atoms with Crippen molar-refractivity contribution in [1.29, 1.82) is 0 Å². The second-order valence-electron chi connectivity index (χ2n) is 5.78. The van der Waals surface area contributed by atoms with Crippen molar-refractivity contribution in [2.24, 2.45) is 5.92 Å². The third-order valence-electron chi connectivity index (χ3n) is 3.71. The first-order valence-electron chi connectivity index (χ1n) is 7.68. The van der Waals surface area contributed by atoms with E-state index in [9.17, 15) is 4.79 Å². The molecule has 0 saturated heterocycles. The van der Waals surface area contributed by atoms with E-state index in [2.05, 4.69) is 32.6 Å². The first-order chi connectivity index (χ1) is 9.94. The highest BCUT2D eigenvalue weighted by atomic mass is 16.5. The monoisotopic (exact) mass is 292 g/mol. The van der Waals surface area contributed by atoms with Crippen LogP contribution in [0.3, 0.4) is 0 Å². The van der Waals surface area contributed by atoms with E-state index in [1.54, 1.807) is 12.1 Å². The minimum absolute atomic E-state index is 0.328. The predicted octanol–water partition coefficient (Wildman–Crippen LogP) is 3.71. The Hall–Kier alpha value is -1.71. The van der Waals surface area contributed by atoms with Crippen LogP contribution >= 0.6 is 0 Å². The molecule has 4 nitrogen and oxygen atoms in total. The molecular formula is C17H28N2O2. The molecular weight excluding hydrogens is 264 g/mol. The second kappa shape index (κ2) is 7.91. The van der Waals surface area contributed by atoms with Gasteiger partial charge in [-0.3, -0.25) is 0 Å². The topological polar surface area (TPSA) is 55.6 Å². The van der Waals surface area contributed by atoms with Crippen LogP contribution in [-0.4, -0.2) is 25.7 Å². The van der Waals surface area contributed by atoms with Gasteiger partial charge >= 0.3 is 5.97 Å². The molecule has 0 spiro atoms. The molecule has 0 bridgehead atoms. The number of hydrogen-bond acceptors (Lipinski definition) is 4. The normalized spacial score (nSPS) is 11.0. The molecule has 2 N–H and O–H groups in total. The van der Waals surface area contributed by atoms with Crippen LogP contribution in [0.5, 0.6) is 0 Å². The fourth-order valence-corrected chi connectivity index (χ4v) is 2.60. The molecule has 0 aliphatic heterocycles. The Morgan fingerprint density at radius 3 is 2.38 bits per heavy atom. The van der Waals surface area contributed by atoms with Crippen molar-refractivity contribution in [2.75, 3.05) is 24.3 Å². The van der Waals surface area contributed by atoms with Crippen molar-refractivity contribution in [2.45, 2.75) is 46.6 Å². The van der Waals surface area contributed by atoms with Gasteiger partial charge in [0.05, 0.1) is 24.0 Å². The van der Waals surface area contributed by atoms with Gasteiger partial charge in [0.15, 0.2) is 0 Å². The van der Waals surface area contributed by atoms with Crippen LogP contribution in [0.4, 0.5) is 11.4 Å². The van der Waals surface area contributed by atoms with Crippen LogP contribution in [0.1, 0.15) is 50.9 Å². The number of esters is 1. The number of ether oxygens (including phenoxy) is 1. The average molecular weight is 292 g/mol. The van der Waals surface area contributed by atoms with Gasteiger partial charge in [-0.25, -0.2) is 4.79 Å². The number of rotatable bonds is 7. The van der Waals surface area contributed by atoms with Gasteiger partial charge in [-0.15, -0.1) is 0 Å². The molecule has 0 amide bonds. The molecule has 0 aromatic heterocycles. The van der Waals surface area contributed by atoms with Crippen molar-refractivity contribution < 1.29 is 9.53 Å². The Morgan fingerprint density at radius 2 is 1.90 bits per heavy atom. The average Bonchev–Trinajstić information content (AvgIpc) is 2.46. The summed E-state index contributed by atoms with van der Waals surface area (Å²) in [5.74, 6) is 0.192. The third kappa shape index (κ3) is 4.38. The summed E-state index contributed by atoms with van der Waals surface area (Å²) < 4.78 is 4.81. The van der Waals surface area contributed by atoms with Crippen molar-refractivity contribution in [3.05, 3.63) is 23.8 Å². The van der Waals surface area contributed by atoms with Gasteiger partial charge < -0.3 is 15.4 Å². The first-order valence-corrected chi connectivity index (χ1v) is 7.68. The van der Waals surface area contributed by atoms with Crippen LogP contribution in [0.15, 0.2) is 18.2 Å². The lowest BCUT2D eigenvalue weighted by Crippen LogP contribution is -2.38. The Balaban J connectivity index is 3.24. The number of methoxy groups -OCH3 is 1. The van der Waals surface area contributed by atoms with Gasteiger partial charge in [-0.05, 0) is 37.0 Å². The number of nitrogen functional groups attached to an aromatic ring is 1. The Bertz CT molecular complexity index is 468. The van der Waals surface area contributed by atoms with Crippen LogP contribution in [0, 0.1) is 5.92 Å². The molecule has 21 heavy (non-hydrogen) atoms. The maximum absolute atomic E-state index is 11.7. The molecule has 1 rings (SSSR count). The summed E-state index contributed by atoms with van der Waals surface area (Å²) in [6.45, 7) is 9.66. The number of anilines is 2. The summed E-state index contributed by atoms with van der Waals surface area (Å²) in [5.41, 5.74) is 8.34. The lowest BCUT2D eigenvalue weighted by atomic mass is 10.0. The Morgan fingerprint density at radius 1 is 1.29 bits per heavy atom. The fraction of sp³-hybridized carbons (Fsp3) is 0.588. The van der Waals surface area contributed by atoms with Gasteiger partial charge in [0.2, 0.25) is 0 Å². The van der Waals surface area contributed by atoms with E-state index in [-0.39, 0.29) is 5.97 Å². The minimum Gasteiger partial charge on any atom is -0.465 e. The quantitative estimate of drug-likeness (QED) is 0.615. The largest absolute Gasteiger partial charge is 0.465 e. The molecule has 0 aliphatic rings. The van der Waals surface area contributed by atoms with E-state index in [0.717, 1.165) is 25.1 Å². The Labute approximate surface area is 128 Å². The van der Waals surface area contributed by atoms with E-state index in [1.807, 2.05) is 6.07 Å². The number of carbonyl (C=O) groups is 1. The lowest BCUT2D eigenvalue weighted by Gasteiger charge is -2.35. The molecule has 1 aromatic carbocycles. The van der Waals surface area contributed by atoms with Gasteiger partial charge in [-0.1, -0.05) is 27.7 Å². The zero-order valence-electron chi connectivity index (χ0n) is 13.8. The van der Waals surface area contributed by atoms with Gasteiger partial charge in [0, 0.05) is 12.6 Å². The third-order valence-corrected chi connectivity index (χ3v) is 3.71. The SMILES string of the molecule is CCC(CC)N(CC(C)C)c1cc(C(=O)OC)ccc1N. The molecule has 118 valence electrons. The highest BCUT2D eigenvalue weighted by Gasteiger charge is 2.20. The van der Waals surface area contributed by atoms with E-state index >= 15 is 0 Å². The summed E-state index contributed by atoms with van der Waals surface area (Å²) in [5, 5.41) is 0. The maximum Gasteiger partial charge on any atom is 0.337 e.